The Balaban J connectivity index is 2.50. The first kappa shape index (κ1) is 10.5. The van der Waals surface area contributed by atoms with Gasteiger partial charge in [-0.3, -0.25) is 0 Å². The molecule has 3 N–H and O–H groups in total. The molecule has 74 valence electrons. The normalized spacial score (nSPS) is 13.2. The zero-order chi connectivity index (χ0) is 9.84. The molecule has 0 radical (unpaired) electrons. The van der Waals surface area contributed by atoms with Gasteiger partial charge in [0.1, 0.15) is 5.82 Å². The van der Waals surface area contributed by atoms with Gasteiger partial charge in [0, 0.05) is 18.8 Å². The van der Waals surface area contributed by atoms with E-state index in [2.05, 4.69) is 10.2 Å². The maximum atomic E-state index is 8.71. The van der Waals surface area contributed by atoms with Crippen LogP contribution in [0.2, 0.25) is 0 Å². The van der Waals surface area contributed by atoms with Gasteiger partial charge in [-0.25, -0.2) is 0 Å². The van der Waals surface area contributed by atoms with Gasteiger partial charge >= 0.3 is 0 Å². The van der Waals surface area contributed by atoms with Crippen LogP contribution in [-0.2, 0) is 7.05 Å². The van der Waals surface area contributed by atoms with E-state index in [1.165, 1.54) is 11.8 Å². The molecule has 13 heavy (non-hydrogen) atoms. The molecule has 1 aromatic heterocycles. The van der Waals surface area contributed by atoms with Crippen molar-refractivity contribution < 1.29 is 5.11 Å². The van der Waals surface area contributed by atoms with Gasteiger partial charge in [0.05, 0.1) is 6.61 Å². The van der Waals surface area contributed by atoms with Crippen LogP contribution in [0.15, 0.2) is 5.16 Å². The van der Waals surface area contributed by atoms with E-state index in [9.17, 15) is 0 Å². The third kappa shape index (κ3) is 2.68. The lowest BCUT2D eigenvalue weighted by molar-refractivity contribution is 0.275. The number of nitrogens with zero attached hydrogens (tertiary/aromatic N) is 3. The fourth-order valence-corrected chi connectivity index (χ4v) is 1.64. The smallest absolute Gasteiger partial charge is 0.190 e. The van der Waals surface area contributed by atoms with Crippen LogP contribution < -0.4 is 5.73 Å². The highest BCUT2D eigenvalue weighted by Gasteiger charge is 2.07. The van der Waals surface area contributed by atoms with Gasteiger partial charge in [-0.1, -0.05) is 11.8 Å². The Morgan fingerprint density at radius 3 is 2.77 bits per heavy atom. The summed E-state index contributed by atoms with van der Waals surface area (Å²) >= 11 is 1.50. The van der Waals surface area contributed by atoms with Crippen LogP contribution in [0.5, 0.6) is 0 Å². The molecule has 1 aromatic rings. The first-order valence-corrected chi connectivity index (χ1v) is 4.99. The minimum Gasteiger partial charge on any atom is -0.395 e. The van der Waals surface area contributed by atoms with Crippen molar-refractivity contribution in [3.05, 3.63) is 5.82 Å². The highest BCUT2D eigenvalue weighted by atomic mass is 32.2. The van der Waals surface area contributed by atoms with Crippen LogP contribution in [0.1, 0.15) is 5.82 Å². The van der Waals surface area contributed by atoms with E-state index < -0.39 is 0 Å². The van der Waals surface area contributed by atoms with Crippen molar-refractivity contribution >= 4 is 11.8 Å². The molecule has 1 heterocycles. The molecule has 0 amide bonds. The molecule has 6 heteroatoms. The van der Waals surface area contributed by atoms with E-state index in [0.29, 0.717) is 5.75 Å². The molecule has 0 saturated carbocycles. The van der Waals surface area contributed by atoms with Crippen LogP contribution in [0.4, 0.5) is 0 Å². The molecule has 0 aliphatic heterocycles. The Bertz CT molecular complexity index is 275. The minimum absolute atomic E-state index is 0.00380. The van der Waals surface area contributed by atoms with Crippen molar-refractivity contribution in [2.24, 2.45) is 12.8 Å². The summed E-state index contributed by atoms with van der Waals surface area (Å²) in [5.74, 6) is 1.53. The summed E-state index contributed by atoms with van der Waals surface area (Å²) in [6, 6.07) is -0.193. The minimum atomic E-state index is -0.193. The molecule has 0 aromatic carbocycles. The molecular weight excluding hydrogens is 188 g/mol. The SMILES string of the molecule is Cc1nnc(SCC(N)CO)n1C. The van der Waals surface area contributed by atoms with Crippen molar-refractivity contribution in [1.29, 1.82) is 0 Å². The summed E-state index contributed by atoms with van der Waals surface area (Å²) in [5.41, 5.74) is 5.55. The maximum Gasteiger partial charge on any atom is 0.190 e. The lowest BCUT2D eigenvalue weighted by Gasteiger charge is -2.06. The summed E-state index contributed by atoms with van der Waals surface area (Å²) in [4.78, 5) is 0. The molecule has 0 spiro atoms. The van der Waals surface area contributed by atoms with E-state index in [4.69, 9.17) is 10.8 Å². The summed E-state index contributed by atoms with van der Waals surface area (Å²) in [6.07, 6.45) is 0. The van der Waals surface area contributed by atoms with Crippen LogP contribution in [-0.4, -0.2) is 38.3 Å². The summed E-state index contributed by atoms with van der Waals surface area (Å²) < 4.78 is 1.90. The van der Waals surface area contributed by atoms with Crippen LogP contribution in [0, 0.1) is 6.92 Å². The quantitative estimate of drug-likeness (QED) is 0.646. The first-order chi connectivity index (χ1) is 6.15. The molecule has 1 rings (SSSR count). The van der Waals surface area contributed by atoms with Gasteiger partial charge in [0.2, 0.25) is 0 Å². The van der Waals surface area contributed by atoms with Crippen molar-refractivity contribution in [2.45, 2.75) is 18.1 Å². The van der Waals surface area contributed by atoms with E-state index in [1.807, 2.05) is 18.5 Å². The van der Waals surface area contributed by atoms with Gasteiger partial charge < -0.3 is 15.4 Å². The van der Waals surface area contributed by atoms with Crippen LogP contribution >= 0.6 is 11.8 Å². The molecule has 5 nitrogen and oxygen atoms in total. The average molecular weight is 202 g/mol. The number of nitrogens with two attached hydrogens (primary N) is 1. The van der Waals surface area contributed by atoms with E-state index in [0.717, 1.165) is 11.0 Å². The Morgan fingerprint density at radius 1 is 1.62 bits per heavy atom. The van der Waals surface area contributed by atoms with Crippen molar-refractivity contribution in [3.63, 3.8) is 0 Å². The van der Waals surface area contributed by atoms with E-state index in [1.54, 1.807) is 0 Å². The predicted octanol–water partition coefficient (Wildman–Crippen LogP) is -0.465. The van der Waals surface area contributed by atoms with E-state index in [-0.39, 0.29) is 12.6 Å². The lowest BCUT2D eigenvalue weighted by Crippen LogP contribution is -2.27. The number of aliphatic hydroxyl groups excluding tert-OH is 1. The van der Waals surface area contributed by atoms with Crippen LogP contribution in [0.25, 0.3) is 0 Å². The number of aliphatic hydroxyl groups is 1. The number of aromatic nitrogens is 3. The lowest BCUT2D eigenvalue weighted by atomic mass is 10.4. The van der Waals surface area contributed by atoms with E-state index >= 15 is 0 Å². The second kappa shape index (κ2) is 4.59. The number of hydrogen-bond donors (Lipinski definition) is 2. The summed E-state index contributed by atoms with van der Waals surface area (Å²) in [7, 11) is 1.90. The fourth-order valence-electron chi connectivity index (χ4n) is 0.748. The fraction of sp³-hybridized carbons (Fsp3) is 0.714. The maximum absolute atomic E-state index is 8.71. The molecule has 1 unspecified atom stereocenters. The standard InChI is InChI=1S/C7H14N4OS/c1-5-9-10-7(11(5)2)13-4-6(8)3-12/h6,12H,3-4,8H2,1-2H3. The number of aryl methyl sites for hydroxylation is 1. The largest absolute Gasteiger partial charge is 0.395 e. The zero-order valence-corrected chi connectivity index (χ0v) is 8.58. The Morgan fingerprint density at radius 2 is 2.31 bits per heavy atom. The number of rotatable bonds is 4. The van der Waals surface area contributed by atoms with Gasteiger partial charge in [0.15, 0.2) is 5.16 Å². The summed E-state index contributed by atoms with van der Waals surface area (Å²) in [6.45, 7) is 1.90. The van der Waals surface area contributed by atoms with Crippen molar-refractivity contribution in [3.8, 4) is 0 Å². The highest BCUT2D eigenvalue weighted by Crippen LogP contribution is 2.15. The Hall–Kier alpha value is -0.590. The predicted molar refractivity (Wildman–Crippen MR) is 51.5 cm³/mol. The Labute approximate surface area is 81.3 Å². The van der Waals surface area contributed by atoms with Crippen molar-refractivity contribution in [2.75, 3.05) is 12.4 Å². The molecule has 0 saturated heterocycles. The van der Waals surface area contributed by atoms with Gasteiger partial charge in [0.25, 0.3) is 0 Å². The van der Waals surface area contributed by atoms with Crippen LogP contribution in [0.3, 0.4) is 0 Å². The molecule has 1 atom stereocenters. The third-order valence-electron chi connectivity index (χ3n) is 1.71. The number of hydrogen-bond acceptors (Lipinski definition) is 5. The average Bonchev–Trinajstić information content (AvgIpc) is 2.44. The monoisotopic (exact) mass is 202 g/mol. The molecule has 0 fully saturated rings. The molecule has 0 aliphatic carbocycles. The zero-order valence-electron chi connectivity index (χ0n) is 7.77. The molecule has 0 bridgehead atoms. The topological polar surface area (TPSA) is 77.0 Å². The van der Waals surface area contributed by atoms with Gasteiger partial charge in [-0.2, -0.15) is 0 Å². The van der Waals surface area contributed by atoms with Crippen molar-refractivity contribution in [1.82, 2.24) is 14.8 Å². The second-order valence-corrected chi connectivity index (χ2v) is 3.83. The Kier molecular flexibility index (Phi) is 3.71. The van der Waals surface area contributed by atoms with Gasteiger partial charge in [-0.15, -0.1) is 10.2 Å². The summed E-state index contributed by atoms with van der Waals surface area (Å²) in [5, 5.41) is 17.4. The number of thioether (sulfide) groups is 1. The molecule has 0 aliphatic rings. The molecular formula is C7H14N4OS. The third-order valence-corrected chi connectivity index (χ3v) is 2.92. The highest BCUT2D eigenvalue weighted by molar-refractivity contribution is 7.99. The first-order valence-electron chi connectivity index (χ1n) is 4.00. The second-order valence-electron chi connectivity index (χ2n) is 2.84. The van der Waals surface area contributed by atoms with Gasteiger partial charge in [-0.05, 0) is 6.92 Å².